The minimum atomic E-state index is -0.536. The summed E-state index contributed by atoms with van der Waals surface area (Å²) in [6.07, 6.45) is 2.75. The molecule has 0 unspecified atom stereocenters. The summed E-state index contributed by atoms with van der Waals surface area (Å²) >= 11 is 0. The molecule has 1 aromatic heterocycles. The summed E-state index contributed by atoms with van der Waals surface area (Å²) in [5.41, 5.74) is 1.55. The van der Waals surface area contributed by atoms with Gasteiger partial charge in [0.2, 0.25) is 0 Å². The highest BCUT2D eigenvalue weighted by molar-refractivity contribution is 6.04. The van der Waals surface area contributed by atoms with Crippen LogP contribution in [0.3, 0.4) is 0 Å². The lowest BCUT2D eigenvalue weighted by molar-refractivity contribution is 0.0285. The molecule has 2 rings (SSSR count). The van der Waals surface area contributed by atoms with Crippen molar-refractivity contribution in [3.8, 4) is 0 Å². The van der Waals surface area contributed by atoms with Crippen LogP contribution in [0.1, 0.15) is 36.7 Å². The summed E-state index contributed by atoms with van der Waals surface area (Å²) in [6, 6.07) is 10.7. The molecule has 25 heavy (non-hydrogen) atoms. The van der Waals surface area contributed by atoms with Crippen LogP contribution in [0.25, 0.3) is 0 Å². The van der Waals surface area contributed by atoms with E-state index in [0.717, 1.165) is 5.56 Å². The first-order valence-corrected chi connectivity index (χ1v) is 7.99. The Hall–Kier alpha value is -2.89. The van der Waals surface area contributed by atoms with Gasteiger partial charge in [-0.05, 0) is 50.6 Å². The fourth-order valence-corrected chi connectivity index (χ4v) is 2.13. The zero-order chi connectivity index (χ0) is 18.4. The van der Waals surface area contributed by atoms with Crippen molar-refractivity contribution in [1.29, 1.82) is 0 Å². The number of amides is 2. The Morgan fingerprint density at radius 3 is 2.48 bits per heavy atom. The van der Waals surface area contributed by atoms with E-state index >= 15 is 0 Å². The van der Waals surface area contributed by atoms with Gasteiger partial charge in [0.05, 0.1) is 0 Å². The lowest BCUT2D eigenvalue weighted by atomic mass is 10.1. The van der Waals surface area contributed by atoms with Crippen molar-refractivity contribution in [2.75, 3.05) is 12.4 Å². The first-order chi connectivity index (χ1) is 11.7. The average molecular weight is 341 g/mol. The minimum absolute atomic E-state index is 0.208. The number of carbonyl (C=O) groups excluding carboxylic acids is 2. The van der Waals surface area contributed by atoms with E-state index in [9.17, 15) is 9.59 Å². The molecule has 0 fully saturated rings. The molecular weight excluding hydrogens is 318 g/mol. The lowest BCUT2D eigenvalue weighted by Gasteiger charge is -2.24. The van der Waals surface area contributed by atoms with Crippen molar-refractivity contribution < 1.29 is 14.3 Å². The fraction of sp³-hybridized carbons (Fsp3) is 0.316. The zero-order valence-corrected chi connectivity index (χ0v) is 14.9. The molecule has 1 aromatic carbocycles. The molecule has 0 aliphatic carbocycles. The number of nitrogens with zero attached hydrogens (tertiary/aromatic N) is 2. The standard InChI is InChI=1S/C19H23N3O3/c1-19(2,3)25-18(24)22(4)13-14-6-5-7-16(12-14)21-17(23)15-8-10-20-11-9-15/h5-12H,13H2,1-4H3,(H,21,23). The van der Waals surface area contributed by atoms with E-state index in [4.69, 9.17) is 4.74 Å². The molecule has 6 nitrogen and oxygen atoms in total. The number of carbonyl (C=O) groups is 2. The number of aromatic nitrogens is 1. The van der Waals surface area contributed by atoms with Gasteiger partial charge in [-0.25, -0.2) is 4.79 Å². The second-order valence-corrected chi connectivity index (χ2v) is 6.73. The number of ether oxygens (including phenoxy) is 1. The van der Waals surface area contributed by atoms with Gasteiger partial charge in [0.15, 0.2) is 0 Å². The first-order valence-electron chi connectivity index (χ1n) is 7.99. The minimum Gasteiger partial charge on any atom is -0.444 e. The van der Waals surface area contributed by atoms with Crippen LogP contribution in [0, 0.1) is 0 Å². The Morgan fingerprint density at radius 1 is 1.16 bits per heavy atom. The SMILES string of the molecule is CN(Cc1cccc(NC(=O)c2ccncc2)c1)C(=O)OC(C)(C)C. The lowest BCUT2D eigenvalue weighted by Crippen LogP contribution is -2.33. The summed E-state index contributed by atoms with van der Waals surface area (Å²) in [7, 11) is 1.68. The van der Waals surface area contributed by atoms with Gasteiger partial charge in [-0.1, -0.05) is 12.1 Å². The number of hydrogen-bond donors (Lipinski definition) is 1. The van der Waals surface area contributed by atoms with Crippen molar-refractivity contribution in [2.24, 2.45) is 0 Å². The van der Waals surface area contributed by atoms with Crippen molar-refractivity contribution in [2.45, 2.75) is 32.9 Å². The normalized spacial score (nSPS) is 10.9. The van der Waals surface area contributed by atoms with Crippen LogP contribution in [-0.2, 0) is 11.3 Å². The highest BCUT2D eigenvalue weighted by atomic mass is 16.6. The third-order valence-electron chi connectivity index (χ3n) is 3.25. The van der Waals surface area contributed by atoms with E-state index in [0.29, 0.717) is 17.8 Å². The van der Waals surface area contributed by atoms with Crippen LogP contribution in [0.15, 0.2) is 48.8 Å². The second-order valence-electron chi connectivity index (χ2n) is 6.73. The Labute approximate surface area is 147 Å². The van der Waals surface area contributed by atoms with Crippen LogP contribution >= 0.6 is 0 Å². The van der Waals surface area contributed by atoms with Crippen LogP contribution < -0.4 is 5.32 Å². The smallest absolute Gasteiger partial charge is 0.410 e. The summed E-state index contributed by atoms with van der Waals surface area (Å²) < 4.78 is 5.34. The number of anilines is 1. The van der Waals surface area contributed by atoms with Gasteiger partial charge in [0, 0.05) is 37.2 Å². The molecule has 0 saturated heterocycles. The summed E-state index contributed by atoms with van der Waals surface area (Å²) in [4.78, 5) is 29.6. The third-order valence-corrected chi connectivity index (χ3v) is 3.25. The van der Waals surface area contributed by atoms with Crippen molar-refractivity contribution >= 4 is 17.7 Å². The van der Waals surface area contributed by atoms with Crippen molar-refractivity contribution in [1.82, 2.24) is 9.88 Å². The van der Waals surface area contributed by atoms with Gasteiger partial charge in [-0.3, -0.25) is 9.78 Å². The van der Waals surface area contributed by atoms with E-state index in [1.54, 1.807) is 37.6 Å². The maximum atomic E-state index is 12.2. The largest absolute Gasteiger partial charge is 0.444 e. The Morgan fingerprint density at radius 2 is 1.84 bits per heavy atom. The summed E-state index contributed by atoms with van der Waals surface area (Å²) in [5.74, 6) is -0.208. The van der Waals surface area contributed by atoms with Crippen molar-refractivity contribution in [3.63, 3.8) is 0 Å². The summed E-state index contributed by atoms with van der Waals surface area (Å²) in [6.45, 7) is 5.86. The molecule has 2 aromatic rings. The molecule has 2 amide bonds. The van der Waals surface area contributed by atoms with E-state index in [2.05, 4.69) is 10.3 Å². The first kappa shape index (κ1) is 18.4. The number of nitrogens with one attached hydrogen (secondary N) is 1. The monoisotopic (exact) mass is 341 g/mol. The number of hydrogen-bond acceptors (Lipinski definition) is 4. The molecule has 1 heterocycles. The topological polar surface area (TPSA) is 71.5 Å². The zero-order valence-electron chi connectivity index (χ0n) is 14.9. The van der Waals surface area contributed by atoms with Crippen LogP contribution in [0.4, 0.5) is 10.5 Å². The fourth-order valence-electron chi connectivity index (χ4n) is 2.13. The molecule has 0 bridgehead atoms. The van der Waals surface area contributed by atoms with Crippen LogP contribution in [-0.4, -0.2) is 34.5 Å². The van der Waals surface area contributed by atoms with Gasteiger partial charge in [-0.2, -0.15) is 0 Å². The second kappa shape index (κ2) is 7.79. The number of pyridine rings is 1. The van der Waals surface area contributed by atoms with Gasteiger partial charge in [0.25, 0.3) is 5.91 Å². The molecule has 0 aliphatic rings. The molecule has 0 aliphatic heterocycles. The Kier molecular flexibility index (Phi) is 5.75. The number of benzene rings is 1. The van der Waals surface area contributed by atoms with E-state index in [1.807, 2.05) is 39.0 Å². The van der Waals surface area contributed by atoms with E-state index < -0.39 is 11.7 Å². The Bertz CT molecular complexity index is 739. The van der Waals surface area contributed by atoms with Gasteiger partial charge in [0.1, 0.15) is 5.60 Å². The Balaban J connectivity index is 2.01. The predicted octanol–water partition coefficient (Wildman–Crippen LogP) is 3.70. The predicted molar refractivity (Wildman–Crippen MR) is 96.3 cm³/mol. The third kappa shape index (κ3) is 5.91. The molecular formula is C19H23N3O3. The molecule has 0 spiro atoms. The van der Waals surface area contributed by atoms with Crippen molar-refractivity contribution in [3.05, 3.63) is 59.9 Å². The van der Waals surface area contributed by atoms with Gasteiger partial charge < -0.3 is 15.0 Å². The van der Waals surface area contributed by atoms with Gasteiger partial charge in [-0.15, -0.1) is 0 Å². The van der Waals surface area contributed by atoms with Crippen LogP contribution in [0.2, 0.25) is 0 Å². The van der Waals surface area contributed by atoms with E-state index in [1.165, 1.54) is 4.90 Å². The average Bonchev–Trinajstić information content (AvgIpc) is 2.54. The maximum Gasteiger partial charge on any atom is 0.410 e. The molecule has 0 saturated carbocycles. The quantitative estimate of drug-likeness (QED) is 0.920. The van der Waals surface area contributed by atoms with Gasteiger partial charge >= 0.3 is 6.09 Å². The highest BCUT2D eigenvalue weighted by Crippen LogP contribution is 2.15. The highest BCUT2D eigenvalue weighted by Gasteiger charge is 2.19. The summed E-state index contributed by atoms with van der Waals surface area (Å²) in [5, 5.41) is 2.84. The molecule has 1 N–H and O–H groups in total. The number of rotatable bonds is 4. The van der Waals surface area contributed by atoms with E-state index in [-0.39, 0.29) is 5.91 Å². The molecule has 6 heteroatoms. The molecule has 132 valence electrons. The maximum absolute atomic E-state index is 12.2. The molecule has 0 atom stereocenters. The van der Waals surface area contributed by atoms with Crippen LogP contribution in [0.5, 0.6) is 0 Å². The molecule has 0 radical (unpaired) electrons.